The van der Waals surface area contributed by atoms with Crippen LogP contribution < -0.4 is 4.74 Å². The van der Waals surface area contributed by atoms with E-state index in [0.717, 1.165) is 6.08 Å². The molecule has 18 heavy (non-hydrogen) atoms. The number of rotatable bonds is 1. The van der Waals surface area contributed by atoms with Gasteiger partial charge in [0, 0.05) is 10.0 Å². The number of benzene rings is 1. The van der Waals surface area contributed by atoms with Gasteiger partial charge in [-0.3, -0.25) is 0 Å². The lowest BCUT2D eigenvalue weighted by Crippen LogP contribution is -2.40. The van der Waals surface area contributed by atoms with Gasteiger partial charge in [-0.05, 0) is 18.2 Å². The summed E-state index contributed by atoms with van der Waals surface area (Å²) in [5.41, 5.74) is -0.520. The van der Waals surface area contributed by atoms with Crippen molar-refractivity contribution in [2.24, 2.45) is 0 Å². The number of carboxylic acids is 1. The summed E-state index contributed by atoms with van der Waals surface area (Å²) in [5.74, 6) is -1.65. The van der Waals surface area contributed by atoms with Crippen LogP contribution >= 0.6 is 15.9 Å². The minimum Gasteiger partial charge on any atom is -0.478 e. The average molecular weight is 323 g/mol. The molecule has 0 spiro atoms. The molecule has 3 nitrogen and oxygen atoms in total. The topological polar surface area (TPSA) is 46.5 Å². The van der Waals surface area contributed by atoms with Gasteiger partial charge in [0.15, 0.2) is 0 Å². The fourth-order valence-corrected chi connectivity index (χ4v) is 1.92. The van der Waals surface area contributed by atoms with Crippen LogP contribution in [-0.2, 0) is 4.79 Å². The van der Waals surface area contributed by atoms with Crippen molar-refractivity contribution in [1.29, 1.82) is 0 Å². The quantitative estimate of drug-likeness (QED) is 0.863. The Morgan fingerprint density at radius 2 is 2.06 bits per heavy atom. The second kappa shape index (κ2) is 4.31. The van der Waals surface area contributed by atoms with Crippen LogP contribution in [0.4, 0.5) is 13.2 Å². The van der Waals surface area contributed by atoms with Gasteiger partial charge in [-0.1, -0.05) is 22.0 Å². The van der Waals surface area contributed by atoms with Crippen molar-refractivity contribution in [2.45, 2.75) is 12.3 Å². The van der Waals surface area contributed by atoms with Crippen LogP contribution in [0.5, 0.6) is 5.75 Å². The largest absolute Gasteiger partial charge is 0.478 e. The SMILES string of the molecule is O=C(O)C1=Cc2ccc(Br)cc2OC1C(F)(F)F. The molecular weight excluding hydrogens is 317 g/mol. The van der Waals surface area contributed by atoms with Crippen LogP contribution in [0.1, 0.15) is 5.56 Å². The Morgan fingerprint density at radius 1 is 1.39 bits per heavy atom. The summed E-state index contributed by atoms with van der Waals surface area (Å²) in [5, 5.41) is 8.79. The molecule has 0 amide bonds. The molecule has 1 aromatic carbocycles. The smallest absolute Gasteiger partial charge is 0.430 e. The standard InChI is InChI=1S/C11H6BrF3O3/c12-6-2-1-5-3-7(10(16)17)9(11(13,14)15)18-8(5)4-6/h1-4,9H,(H,16,17). The molecule has 96 valence electrons. The monoisotopic (exact) mass is 322 g/mol. The van der Waals surface area contributed by atoms with Gasteiger partial charge in [0.05, 0.1) is 5.57 Å². The summed E-state index contributed by atoms with van der Waals surface area (Å²) >= 11 is 3.11. The highest BCUT2D eigenvalue weighted by molar-refractivity contribution is 9.10. The van der Waals surface area contributed by atoms with Crippen LogP contribution in [0.2, 0.25) is 0 Å². The van der Waals surface area contributed by atoms with E-state index < -0.39 is 23.8 Å². The van der Waals surface area contributed by atoms with E-state index in [1.165, 1.54) is 12.1 Å². The molecule has 0 radical (unpaired) electrons. The predicted octanol–water partition coefficient (Wildman–Crippen LogP) is 3.24. The highest BCUT2D eigenvalue weighted by Crippen LogP contribution is 2.38. The number of ether oxygens (including phenoxy) is 1. The number of carboxylic acid groups (broad SMARTS) is 1. The second-order valence-electron chi connectivity index (χ2n) is 3.63. The van der Waals surface area contributed by atoms with Gasteiger partial charge in [-0.15, -0.1) is 0 Å². The van der Waals surface area contributed by atoms with Crippen molar-refractivity contribution in [3.8, 4) is 5.75 Å². The van der Waals surface area contributed by atoms with E-state index in [1.54, 1.807) is 6.07 Å². The number of hydrogen-bond donors (Lipinski definition) is 1. The van der Waals surface area contributed by atoms with Crippen LogP contribution in [0.3, 0.4) is 0 Å². The van der Waals surface area contributed by atoms with Gasteiger partial charge in [-0.25, -0.2) is 4.79 Å². The molecule has 0 saturated heterocycles. The number of alkyl halides is 3. The molecule has 0 saturated carbocycles. The maximum absolute atomic E-state index is 12.7. The lowest BCUT2D eigenvalue weighted by atomic mass is 10.0. The molecule has 1 aliphatic heterocycles. The molecule has 1 unspecified atom stereocenters. The van der Waals surface area contributed by atoms with Gasteiger partial charge in [0.25, 0.3) is 0 Å². The summed E-state index contributed by atoms with van der Waals surface area (Å²) in [4.78, 5) is 10.8. The van der Waals surface area contributed by atoms with Gasteiger partial charge >= 0.3 is 12.1 Å². The Labute approximate surface area is 108 Å². The van der Waals surface area contributed by atoms with E-state index in [9.17, 15) is 18.0 Å². The maximum atomic E-state index is 12.7. The number of hydrogen-bond acceptors (Lipinski definition) is 2. The highest BCUT2D eigenvalue weighted by Gasteiger charge is 2.48. The minimum absolute atomic E-state index is 0.00306. The molecule has 1 heterocycles. The molecule has 0 fully saturated rings. The Morgan fingerprint density at radius 3 is 2.61 bits per heavy atom. The maximum Gasteiger partial charge on any atom is 0.430 e. The lowest BCUT2D eigenvalue weighted by molar-refractivity contribution is -0.187. The summed E-state index contributed by atoms with van der Waals surface area (Å²) in [6.45, 7) is 0. The van der Waals surface area contributed by atoms with Gasteiger partial charge in [0.1, 0.15) is 5.75 Å². The van der Waals surface area contributed by atoms with Crippen molar-refractivity contribution in [3.63, 3.8) is 0 Å². The molecule has 1 N–H and O–H groups in total. The van der Waals surface area contributed by atoms with Crippen LogP contribution in [0.25, 0.3) is 6.08 Å². The first kappa shape index (κ1) is 12.9. The van der Waals surface area contributed by atoms with E-state index in [2.05, 4.69) is 15.9 Å². The fourth-order valence-electron chi connectivity index (χ4n) is 1.58. The fraction of sp³-hybridized carbons (Fsp3) is 0.182. The van der Waals surface area contributed by atoms with Crippen molar-refractivity contribution >= 4 is 28.0 Å². The van der Waals surface area contributed by atoms with Gasteiger partial charge in [-0.2, -0.15) is 13.2 Å². The number of carbonyl (C=O) groups is 1. The van der Waals surface area contributed by atoms with Gasteiger partial charge in [0.2, 0.25) is 6.10 Å². The van der Waals surface area contributed by atoms with Crippen molar-refractivity contribution in [2.75, 3.05) is 0 Å². The molecule has 2 rings (SSSR count). The Bertz CT molecular complexity index is 537. The van der Waals surface area contributed by atoms with E-state index >= 15 is 0 Å². The molecule has 1 aliphatic rings. The molecule has 1 aromatic rings. The zero-order valence-electron chi connectivity index (χ0n) is 8.66. The summed E-state index contributed by atoms with van der Waals surface area (Å²) in [6.07, 6.45) is -6.24. The van der Waals surface area contributed by atoms with Crippen molar-refractivity contribution in [3.05, 3.63) is 33.8 Å². The molecule has 0 aliphatic carbocycles. The zero-order chi connectivity index (χ0) is 13.5. The third-order valence-corrected chi connectivity index (χ3v) is 2.85. The van der Waals surface area contributed by atoms with Crippen molar-refractivity contribution in [1.82, 2.24) is 0 Å². The Balaban J connectivity index is 2.53. The summed E-state index contributed by atoms with van der Waals surface area (Å²) in [6, 6.07) is 4.43. The Kier molecular flexibility index (Phi) is 3.10. The number of fused-ring (bicyclic) bond motifs is 1. The Hall–Kier alpha value is -1.50. The molecule has 0 aromatic heterocycles. The number of halogens is 4. The molecule has 7 heteroatoms. The lowest BCUT2D eigenvalue weighted by Gasteiger charge is -2.27. The molecule has 0 bridgehead atoms. The average Bonchev–Trinajstić information content (AvgIpc) is 2.25. The third-order valence-electron chi connectivity index (χ3n) is 2.36. The predicted molar refractivity (Wildman–Crippen MR) is 60.2 cm³/mol. The van der Waals surface area contributed by atoms with Crippen LogP contribution in [-0.4, -0.2) is 23.4 Å². The van der Waals surface area contributed by atoms with Crippen molar-refractivity contribution < 1.29 is 27.8 Å². The van der Waals surface area contributed by atoms with E-state index in [0.29, 0.717) is 10.0 Å². The zero-order valence-corrected chi connectivity index (χ0v) is 10.2. The normalized spacial score (nSPS) is 18.7. The minimum atomic E-state index is -4.77. The van der Waals surface area contributed by atoms with Crippen LogP contribution in [0.15, 0.2) is 28.2 Å². The van der Waals surface area contributed by atoms with Gasteiger partial charge < -0.3 is 9.84 Å². The third kappa shape index (κ3) is 2.35. The summed E-state index contributed by atoms with van der Waals surface area (Å²) < 4.78 is 43.4. The first-order chi connectivity index (χ1) is 8.29. The molecular formula is C11H6BrF3O3. The van der Waals surface area contributed by atoms with E-state index in [1.807, 2.05) is 0 Å². The molecule has 1 atom stereocenters. The van der Waals surface area contributed by atoms with E-state index in [-0.39, 0.29) is 5.75 Å². The first-order valence-electron chi connectivity index (χ1n) is 4.77. The number of aliphatic carboxylic acids is 1. The van der Waals surface area contributed by atoms with E-state index in [4.69, 9.17) is 9.84 Å². The summed E-state index contributed by atoms with van der Waals surface area (Å²) in [7, 11) is 0. The second-order valence-corrected chi connectivity index (χ2v) is 4.54. The van der Waals surface area contributed by atoms with Crippen LogP contribution in [0, 0.1) is 0 Å². The first-order valence-corrected chi connectivity index (χ1v) is 5.56. The highest BCUT2D eigenvalue weighted by atomic mass is 79.9.